The maximum atomic E-state index is 12.3. The highest BCUT2D eigenvalue weighted by atomic mass is 32.1. The molecule has 0 atom stereocenters. The van der Waals surface area contributed by atoms with Gasteiger partial charge in [0.15, 0.2) is 5.13 Å². The number of fused-ring (bicyclic) bond motifs is 1. The van der Waals surface area contributed by atoms with Crippen LogP contribution in [0, 0.1) is 0 Å². The van der Waals surface area contributed by atoms with Crippen molar-refractivity contribution in [2.45, 2.75) is 19.5 Å². The van der Waals surface area contributed by atoms with Gasteiger partial charge in [-0.2, -0.15) is 0 Å². The van der Waals surface area contributed by atoms with Gasteiger partial charge in [-0.3, -0.25) is 15.0 Å². The van der Waals surface area contributed by atoms with Crippen molar-refractivity contribution in [2.24, 2.45) is 0 Å². The Morgan fingerprint density at radius 2 is 2.00 bits per heavy atom. The molecule has 1 aliphatic heterocycles. The molecule has 4 rings (SSSR count). The summed E-state index contributed by atoms with van der Waals surface area (Å²) >= 11 is 1.56. The second-order valence-corrected chi connectivity index (χ2v) is 7.98. The van der Waals surface area contributed by atoms with Crippen LogP contribution in [0.5, 0.6) is 5.75 Å². The number of methoxy groups -OCH3 is 1. The van der Waals surface area contributed by atoms with Crippen LogP contribution in [-0.4, -0.2) is 29.4 Å². The highest BCUT2D eigenvalue weighted by Crippen LogP contribution is 2.29. The van der Waals surface area contributed by atoms with Crippen molar-refractivity contribution in [1.29, 1.82) is 0 Å². The number of ether oxygens (including phenoxy) is 1. The first-order valence-electron chi connectivity index (χ1n) is 9.58. The first kappa shape index (κ1) is 19.4. The van der Waals surface area contributed by atoms with E-state index >= 15 is 0 Å². The van der Waals surface area contributed by atoms with Gasteiger partial charge in [0, 0.05) is 42.6 Å². The molecule has 0 aliphatic carbocycles. The van der Waals surface area contributed by atoms with Gasteiger partial charge >= 0.3 is 0 Å². The maximum Gasteiger partial charge on any atom is 0.250 e. The Balaban J connectivity index is 1.38. The Bertz CT molecular complexity index is 1010. The largest absolute Gasteiger partial charge is 0.496 e. The number of nitrogens with one attached hydrogen (secondary N) is 1. The van der Waals surface area contributed by atoms with Gasteiger partial charge in [0.25, 0.3) is 0 Å². The third-order valence-electron chi connectivity index (χ3n) is 4.84. The van der Waals surface area contributed by atoms with Crippen LogP contribution >= 0.6 is 11.3 Å². The molecule has 3 aromatic rings. The third kappa shape index (κ3) is 4.91. The molecule has 0 fully saturated rings. The lowest BCUT2D eigenvalue weighted by Gasteiger charge is -2.25. The number of anilines is 1. The topological polar surface area (TPSA) is 54.5 Å². The summed E-state index contributed by atoms with van der Waals surface area (Å²) in [6.45, 7) is 2.78. The zero-order valence-electron chi connectivity index (χ0n) is 16.3. The second-order valence-electron chi connectivity index (χ2n) is 6.90. The molecular weight excluding hydrogens is 382 g/mol. The normalized spacial score (nSPS) is 14.0. The van der Waals surface area contributed by atoms with E-state index in [1.807, 2.05) is 30.3 Å². The van der Waals surface area contributed by atoms with E-state index in [0.717, 1.165) is 43.1 Å². The lowest BCUT2D eigenvalue weighted by atomic mass is 10.1. The monoisotopic (exact) mass is 405 g/mol. The fourth-order valence-corrected chi connectivity index (χ4v) is 4.45. The van der Waals surface area contributed by atoms with E-state index in [9.17, 15) is 4.79 Å². The molecule has 1 amide bonds. The SMILES string of the molecule is COc1ccccc1C=CC(=O)Nc1nc2c(s1)CN(Cc1ccccc1)CC2. The van der Waals surface area contributed by atoms with Gasteiger partial charge in [-0.1, -0.05) is 48.5 Å². The van der Waals surface area contributed by atoms with Crippen LogP contribution in [-0.2, 0) is 24.3 Å². The number of amides is 1. The summed E-state index contributed by atoms with van der Waals surface area (Å²) < 4.78 is 5.31. The number of carbonyl (C=O) groups is 1. The Morgan fingerprint density at radius 3 is 2.83 bits per heavy atom. The molecule has 2 aromatic carbocycles. The first-order valence-corrected chi connectivity index (χ1v) is 10.4. The van der Waals surface area contributed by atoms with Crippen LogP contribution in [0.3, 0.4) is 0 Å². The highest BCUT2D eigenvalue weighted by Gasteiger charge is 2.21. The minimum absolute atomic E-state index is 0.192. The van der Waals surface area contributed by atoms with Crippen LogP contribution in [0.4, 0.5) is 5.13 Å². The fraction of sp³-hybridized carbons (Fsp3) is 0.217. The maximum absolute atomic E-state index is 12.3. The quantitative estimate of drug-likeness (QED) is 0.619. The molecule has 0 saturated carbocycles. The third-order valence-corrected chi connectivity index (χ3v) is 5.84. The molecule has 0 radical (unpaired) electrons. The lowest BCUT2D eigenvalue weighted by molar-refractivity contribution is -0.111. The Hall–Kier alpha value is -2.96. The molecule has 148 valence electrons. The number of carbonyl (C=O) groups excluding carboxylic acids is 1. The number of para-hydroxylation sites is 1. The van der Waals surface area contributed by atoms with Gasteiger partial charge in [0.2, 0.25) is 5.91 Å². The summed E-state index contributed by atoms with van der Waals surface area (Å²) in [6, 6.07) is 18.1. The van der Waals surface area contributed by atoms with Crippen LogP contribution in [0.25, 0.3) is 6.08 Å². The number of thiazole rings is 1. The molecule has 0 spiro atoms. The molecule has 0 unspecified atom stereocenters. The lowest BCUT2D eigenvalue weighted by Crippen LogP contribution is -2.29. The predicted octanol–water partition coefficient (Wildman–Crippen LogP) is 4.36. The van der Waals surface area contributed by atoms with Gasteiger partial charge in [-0.25, -0.2) is 4.98 Å². The standard InChI is InChI=1S/C23H23N3O2S/c1-28-20-10-6-5-9-18(20)11-12-22(27)25-23-24-19-13-14-26(16-21(19)29-23)15-17-7-3-2-4-8-17/h2-12H,13-16H2,1H3,(H,24,25,27). The highest BCUT2D eigenvalue weighted by molar-refractivity contribution is 7.15. The Labute approximate surface area is 174 Å². The van der Waals surface area contributed by atoms with Crippen molar-refractivity contribution in [1.82, 2.24) is 9.88 Å². The number of hydrogen-bond acceptors (Lipinski definition) is 5. The van der Waals surface area contributed by atoms with E-state index < -0.39 is 0 Å². The number of hydrogen-bond donors (Lipinski definition) is 1. The molecule has 5 nitrogen and oxygen atoms in total. The number of nitrogens with zero attached hydrogens (tertiary/aromatic N) is 2. The van der Waals surface area contributed by atoms with Crippen molar-refractivity contribution in [3.63, 3.8) is 0 Å². The average Bonchev–Trinajstić information content (AvgIpc) is 3.14. The predicted molar refractivity (Wildman–Crippen MR) is 117 cm³/mol. The van der Waals surface area contributed by atoms with Crippen LogP contribution in [0.2, 0.25) is 0 Å². The average molecular weight is 406 g/mol. The summed E-state index contributed by atoms with van der Waals surface area (Å²) in [4.78, 5) is 20.6. The molecule has 6 heteroatoms. The van der Waals surface area contributed by atoms with Crippen LogP contribution in [0.1, 0.15) is 21.7 Å². The van der Waals surface area contributed by atoms with E-state index in [2.05, 4.69) is 39.5 Å². The van der Waals surface area contributed by atoms with E-state index in [1.165, 1.54) is 16.5 Å². The molecule has 29 heavy (non-hydrogen) atoms. The zero-order valence-corrected chi connectivity index (χ0v) is 17.1. The minimum Gasteiger partial charge on any atom is -0.496 e. The van der Waals surface area contributed by atoms with Crippen molar-refractivity contribution >= 4 is 28.5 Å². The van der Waals surface area contributed by atoms with Crippen molar-refractivity contribution in [2.75, 3.05) is 19.0 Å². The van der Waals surface area contributed by atoms with E-state index in [4.69, 9.17) is 4.74 Å². The summed E-state index contributed by atoms with van der Waals surface area (Å²) in [7, 11) is 1.62. The number of aromatic nitrogens is 1. The van der Waals surface area contributed by atoms with Crippen molar-refractivity contribution in [3.05, 3.63) is 82.4 Å². The number of benzene rings is 2. The summed E-state index contributed by atoms with van der Waals surface area (Å²) in [5, 5.41) is 3.55. The van der Waals surface area contributed by atoms with Gasteiger partial charge in [-0.15, -0.1) is 11.3 Å². The van der Waals surface area contributed by atoms with Gasteiger partial charge in [0.05, 0.1) is 12.8 Å². The molecule has 1 N–H and O–H groups in total. The zero-order chi connectivity index (χ0) is 20.1. The summed E-state index contributed by atoms with van der Waals surface area (Å²) in [5.41, 5.74) is 3.28. The second kappa shape index (κ2) is 9.03. The van der Waals surface area contributed by atoms with Crippen LogP contribution < -0.4 is 10.1 Å². The molecule has 1 aromatic heterocycles. The molecule has 0 saturated heterocycles. The minimum atomic E-state index is -0.192. The summed E-state index contributed by atoms with van der Waals surface area (Å²) in [6.07, 6.45) is 4.18. The summed E-state index contributed by atoms with van der Waals surface area (Å²) in [5.74, 6) is 0.544. The Kier molecular flexibility index (Phi) is 6.03. The molecule has 0 bridgehead atoms. The molecular formula is C23H23N3O2S. The Morgan fingerprint density at radius 1 is 1.21 bits per heavy atom. The van der Waals surface area contributed by atoms with Gasteiger partial charge in [-0.05, 0) is 17.7 Å². The molecule has 2 heterocycles. The van der Waals surface area contributed by atoms with Crippen LogP contribution in [0.15, 0.2) is 60.7 Å². The molecule has 1 aliphatic rings. The van der Waals surface area contributed by atoms with Gasteiger partial charge < -0.3 is 4.74 Å². The van der Waals surface area contributed by atoms with E-state index in [1.54, 1.807) is 24.5 Å². The number of rotatable bonds is 6. The van der Waals surface area contributed by atoms with Crippen molar-refractivity contribution < 1.29 is 9.53 Å². The van der Waals surface area contributed by atoms with Crippen molar-refractivity contribution in [3.8, 4) is 5.75 Å². The first-order chi connectivity index (χ1) is 14.2. The van der Waals surface area contributed by atoms with Gasteiger partial charge in [0.1, 0.15) is 5.75 Å². The van der Waals surface area contributed by atoms with E-state index in [-0.39, 0.29) is 5.91 Å². The smallest absolute Gasteiger partial charge is 0.250 e. The fourth-order valence-electron chi connectivity index (χ4n) is 3.40. The van der Waals surface area contributed by atoms with E-state index in [0.29, 0.717) is 5.13 Å².